The lowest BCUT2D eigenvalue weighted by molar-refractivity contribution is 0.252. The Hall–Kier alpha value is -1.71. The molecule has 0 heterocycles. The van der Waals surface area contributed by atoms with E-state index in [1.54, 1.807) is 12.1 Å². The second-order valence-electron chi connectivity index (χ2n) is 2.90. The first-order valence-electron chi connectivity index (χ1n) is 4.47. The number of benzene rings is 1. The van der Waals surface area contributed by atoms with Crippen molar-refractivity contribution in [1.82, 2.24) is 0 Å². The molecule has 0 amide bonds. The van der Waals surface area contributed by atoms with Gasteiger partial charge in [-0.3, -0.25) is 0 Å². The summed E-state index contributed by atoms with van der Waals surface area (Å²) < 4.78 is 5.34. The molecule has 0 spiro atoms. The van der Waals surface area contributed by atoms with Gasteiger partial charge in [-0.1, -0.05) is 18.5 Å². The summed E-state index contributed by atoms with van der Waals surface area (Å²) in [4.78, 5) is 0. The van der Waals surface area contributed by atoms with Gasteiger partial charge in [0.15, 0.2) is 6.10 Å². The zero-order chi connectivity index (χ0) is 11.3. The highest BCUT2D eigenvalue weighted by atomic mass is 35.5. The van der Waals surface area contributed by atoms with Gasteiger partial charge in [-0.2, -0.15) is 10.5 Å². The van der Waals surface area contributed by atoms with Crippen LogP contribution in [0.3, 0.4) is 0 Å². The summed E-state index contributed by atoms with van der Waals surface area (Å²) in [7, 11) is 0. The molecule has 0 aliphatic rings. The van der Waals surface area contributed by atoms with Gasteiger partial charge in [-0.25, -0.2) is 0 Å². The molecular formula is C11H9ClN2O. The highest BCUT2D eigenvalue weighted by Gasteiger charge is 2.09. The van der Waals surface area contributed by atoms with Crippen molar-refractivity contribution >= 4 is 11.6 Å². The summed E-state index contributed by atoms with van der Waals surface area (Å²) in [6.45, 7) is 1.85. The molecule has 0 radical (unpaired) electrons. The van der Waals surface area contributed by atoms with Crippen molar-refractivity contribution in [3.63, 3.8) is 0 Å². The Morgan fingerprint density at radius 2 is 2.20 bits per heavy atom. The van der Waals surface area contributed by atoms with Gasteiger partial charge in [-0.15, -0.1) is 0 Å². The molecule has 0 aliphatic carbocycles. The molecule has 15 heavy (non-hydrogen) atoms. The van der Waals surface area contributed by atoms with E-state index in [1.165, 1.54) is 6.07 Å². The number of hydrogen-bond donors (Lipinski definition) is 0. The van der Waals surface area contributed by atoms with Crippen molar-refractivity contribution in [2.75, 3.05) is 0 Å². The minimum Gasteiger partial charge on any atom is -0.474 e. The van der Waals surface area contributed by atoms with Crippen molar-refractivity contribution in [2.24, 2.45) is 0 Å². The van der Waals surface area contributed by atoms with Crippen LogP contribution < -0.4 is 4.74 Å². The predicted octanol–water partition coefficient (Wildman–Crippen LogP) is 2.89. The van der Waals surface area contributed by atoms with Crippen LogP contribution in [0.1, 0.15) is 18.9 Å². The van der Waals surface area contributed by atoms with E-state index in [9.17, 15) is 0 Å². The highest BCUT2D eigenvalue weighted by molar-refractivity contribution is 6.32. The SMILES string of the molecule is CCC(C#N)Oc1ccc(C#N)cc1Cl. The minimum atomic E-state index is -0.504. The Balaban J connectivity index is 2.89. The number of ether oxygens (including phenoxy) is 1. The van der Waals surface area contributed by atoms with Crippen LogP contribution in [0.4, 0.5) is 0 Å². The van der Waals surface area contributed by atoms with E-state index in [2.05, 4.69) is 0 Å². The zero-order valence-corrected chi connectivity index (χ0v) is 8.95. The van der Waals surface area contributed by atoms with Crippen molar-refractivity contribution < 1.29 is 4.74 Å². The summed E-state index contributed by atoms with van der Waals surface area (Å²) in [5.74, 6) is 0.434. The Morgan fingerprint density at radius 1 is 1.47 bits per heavy atom. The van der Waals surface area contributed by atoms with Crippen LogP contribution in [-0.4, -0.2) is 6.10 Å². The largest absolute Gasteiger partial charge is 0.474 e. The van der Waals surface area contributed by atoms with Crippen LogP contribution in [0.2, 0.25) is 5.02 Å². The second-order valence-corrected chi connectivity index (χ2v) is 3.31. The van der Waals surface area contributed by atoms with Crippen LogP contribution >= 0.6 is 11.6 Å². The van der Waals surface area contributed by atoms with Crippen molar-refractivity contribution in [1.29, 1.82) is 10.5 Å². The number of hydrogen-bond acceptors (Lipinski definition) is 3. The summed E-state index contributed by atoms with van der Waals surface area (Å²) >= 11 is 5.88. The second kappa shape index (κ2) is 5.24. The van der Waals surface area contributed by atoms with E-state index in [4.69, 9.17) is 26.9 Å². The third-order valence-corrected chi connectivity index (χ3v) is 2.14. The fourth-order valence-corrected chi connectivity index (χ4v) is 1.25. The molecule has 1 aromatic rings. The fourth-order valence-electron chi connectivity index (χ4n) is 1.02. The van der Waals surface area contributed by atoms with E-state index in [0.29, 0.717) is 22.8 Å². The summed E-state index contributed by atoms with van der Waals surface area (Å²) in [5.41, 5.74) is 0.470. The van der Waals surface area contributed by atoms with Crippen molar-refractivity contribution in [2.45, 2.75) is 19.4 Å². The predicted molar refractivity (Wildman–Crippen MR) is 56.5 cm³/mol. The molecule has 1 rings (SSSR count). The molecule has 3 nitrogen and oxygen atoms in total. The maximum Gasteiger partial charge on any atom is 0.184 e. The van der Waals surface area contributed by atoms with E-state index in [1.807, 2.05) is 19.1 Å². The number of nitriles is 2. The van der Waals surface area contributed by atoms with E-state index >= 15 is 0 Å². The third-order valence-electron chi connectivity index (χ3n) is 1.84. The molecule has 0 aromatic heterocycles. The van der Waals surface area contributed by atoms with Gasteiger partial charge in [-0.05, 0) is 24.6 Å². The summed E-state index contributed by atoms with van der Waals surface area (Å²) in [6.07, 6.45) is 0.0859. The molecule has 0 saturated heterocycles. The van der Waals surface area contributed by atoms with Gasteiger partial charge in [0, 0.05) is 0 Å². The molecule has 0 fully saturated rings. The van der Waals surface area contributed by atoms with Crippen LogP contribution in [-0.2, 0) is 0 Å². The van der Waals surface area contributed by atoms with E-state index in [0.717, 1.165) is 0 Å². The molecule has 0 aliphatic heterocycles. The van der Waals surface area contributed by atoms with Gasteiger partial charge in [0.25, 0.3) is 0 Å². The number of halogens is 1. The molecule has 0 bridgehead atoms. The van der Waals surface area contributed by atoms with Crippen LogP contribution in [0.5, 0.6) is 5.75 Å². The molecule has 4 heteroatoms. The molecular weight excluding hydrogens is 212 g/mol. The first kappa shape index (κ1) is 11.4. The van der Waals surface area contributed by atoms with Crippen LogP contribution in [0.15, 0.2) is 18.2 Å². The average Bonchev–Trinajstić information content (AvgIpc) is 2.27. The third kappa shape index (κ3) is 2.87. The van der Waals surface area contributed by atoms with E-state index in [-0.39, 0.29) is 0 Å². The quantitative estimate of drug-likeness (QED) is 0.787. The van der Waals surface area contributed by atoms with Gasteiger partial charge in [0.05, 0.1) is 16.7 Å². The lowest BCUT2D eigenvalue weighted by Crippen LogP contribution is -2.12. The molecule has 1 unspecified atom stereocenters. The first-order valence-corrected chi connectivity index (χ1v) is 4.85. The Bertz CT molecular complexity index is 431. The van der Waals surface area contributed by atoms with Gasteiger partial charge < -0.3 is 4.74 Å². The van der Waals surface area contributed by atoms with Crippen LogP contribution in [0.25, 0.3) is 0 Å². The molecule has 0 N–H and O–H groups in total. The zero-order valence-electron chi connectivity index (χ0n) is 8.20. The smallest absolute Gasteiger partial charge is 0.184 e. The number of nitrogens with zero attached hydrogens (tertiary/aromatic N) is 2. The monoisotopic (exact) mass is 220 g/mol. The average molecular weight is 221 g/mol. The lowest BCUT2D eigenvalue weighted by atomic mass is 10.2. The molecule has 1 aromatic carbocycles. The number of rotatable bonds is 3. The highest BCUT2D eigenvalue weighted by Crippen LogP contribution is 2.26. The fraction of sp³-hybridized carbons (Fsp3) is 0.273. The molecule has 0 saturated carbocycles. The normalized spacial score (nSPS) is 11.2. The first-order chi connectivity index (χ1) is 7.21. The standard InChI is InChI=1S/C11H9ClN2O/c1-2-9(7-14)15-11-4-3-8(6-13)5-10(11)12/h3-5,9H,2H2,1H3. The maximum atomic E-state index is 8.71. The topological polar surface area (TPSA) is 56.8 Å². The van der Waals surface area contributed by atoms with Gasteiger partial charge >= 0.3 is 0 Å². The Morgan fingerprint density at radius 3 is 2.67 bits per heavy atom. The maximum absolute atomic E-state index is 8.71. The Labute approximate surface area is 93.5 Å². The Kier molecular flexibility index (Phi) is 3.97. The van der Waals surface area contributed by atoms with Gasteiger partial charge in [0.2, 0.25) is 0 Å². The van der Waals surface area contributed by atoms with Crippen LogP contribution in [0, 0.1) is 22.7 Å². The lowest BCUT2D eigenvalue weighted by Gasteiger charge is -2.11. The van der Waals surface area contributed by atoms with Crippen molar-refractivity contribution in [3.05, 3.63) is 28.8 Å². The molecule has 76 valence electrons. The van der Waals surface area contributed by atoms with Gasteiger partial charge in [0.1, 0.15) is 11.8 Å². The van der Waals surface area contributed by atoms with E-state index < -0.39 is 6.10 Å². The van der Waals surface area contributed by atoms with Crippen molar-refractivity contribution in [3.8, 4) is 17.9 Å². The summed E-state index contributed by atoms with van der Waals surface area (Å²) in [5, 5.41) is 17.7. The molecule has 1 atom stereocenters. The summed E-state index contributed by atoms with van der Waals surface area (Å²) in [6, 6.07) is 8.70. The minimum absolute atomic E-state index is 0.350.